The van der Waals surface area contributed by atoms with Gasteiger partial charge in [-0.2, -0.15) is 5.10 Å². The third kappa shape index (κ3) is 4.42. The summed E-state index contributed by atoms with van der Waals surface area (Å²) < 4.78 is 22.2. The van der Waals surface area contributed by atoms with Gasteiger partial charge in [0.15, 0.2) is 11.5 Å². The first-order chi connectivity index (χ1) is 14.3. The van der Waals surface area contributed by atoms with E-state index in [0.717, 1.165) is 21.9 Å². The van der Waals surface area contributed by atoms with E-state index < -0.39 is 11.5 Å². The second-order valence-electron chi connectivity index (χ2n) is 8.34. The molecule has 0 radical (unpaired) electrons. The first-order valence-corrected chi connectivity index (χ1v) is 10.3. The lowest BCUT2D eigenvalue weighted by atomic mass is 9.88. The summed E-state index contributed by atoms with van der Waals surface area (Å²) in [6.45, 7) is 5.39. The van der Waals surface area contributed by atoms with E-state index in [1.54, 1.807) is 10.9 Å². The molecule has 158 valence electrons. The summed E-state index contributed by atoms with van der Waals surface area (Å²) in [6, 6.07) is 7.95. The van der Waals surface area contributed by atoms with E-state index in [2.05, 4.69) is 10.1 Å². The number of likely N-dealkylation sites (tertiary alicyclic amines) is 1. The molecule has 3 heterocycles. The van der Waals surface area contributed by atoms with Crippen molar-refractivity contribution in [2.75, 3.05) is 26.2 Å². The Kier molecular flexibility index (Phi) is 5.66. The molecule has 1 aromatic carbocycles. The van der Waals surface area contributed by atoms with Crippen LogP contribution in [0.5, 0.6) is 0 Å². The van der Waals surface area contributed by atoms with Gasteiger partial charge in [0, 0.05) is 55.7 Å². The quantitative estimate of drug-likeness (QED) is 0.571. The molecule has 2 aromatic heterocycles. The molecular formula is C23H27FN4O2. The van der Waals surface area contributed by atoms with Crippen molar-refractivity contribution >= 4 is 16.6 Å². The molecule has 0 amide bonds. The number of nitrogens with zero attached hydrogens (tertiary/aromatic N) is 4. The minimum atomic E-state index is -1.79. The number of hydrogen-bond donors (Lipinski definition) is 0. The third-order valence-electron chi connectivity index (χ3n) is 5.47. The number of Topliss-reactive ketones (excluding diaryl/α,β-unsaturated/α-hetero) is 1. The van der Waals surface area contributed by atoms with Crippen molar-refractivity contribution in [2.24, 2.45) is 7.05 Å². The van der Waals surface area contributed by atoms with E-state index in [0.29, 0.717) is 18.8 Å². The number of carbonyl (C=O) groups excluding carboxylic acids is 1. The topological polar surface area (TPSA) is 60.2 Å². The van der Waals surface area contributed by atoms with Crippen molar-refractivity contribution in [3.05, 3.63) is 48.5 Å². The number of rotatable bonds is 8. The van der Waals surface area contributed by atoms with Crippen molar-refractivity contribution < 1.29 is 13.9 Å². The minimum Gasteiger partial charge on any atom is -0.377 e. The predicted molar refractivity (Wildman–Crippen MR) is 114 cm³/mol. The zero-order valence-corrected chi connectivity index (χ0v) is 17.6. The normalized spacial score (nSPS) is 16.2. The fourth-order valence-corrected chi connectivity index (χ4v) is 3.77. The summed E-state index contributed by atoms with van der Waals surface area (Å²) in [5.41, 5.74) is 0.868. The van der Waals surface area contributed by atoms with Gasteiger partial charge in [-0.1, -0.05) is 12.1 Å². The van der Waals surface area contributed by atoms with Crippen LogP contribution in [-0.4, -0.2) is 63.5 Å². The Morgan fingerprint density at radius 3 is 2.70 bits per heavy atom. The first kappa shape index (κ1) is 20.6. The molecule has 1 aliphatic rings. The van der Waals surface area contributed by atoms with E-state index >= 15 is 0 Å². The Balaban J connectivity index is 1.41. The predicted octanol–water partition coefficient (Wildman–Crippen LogP) is 3.20. The Morgan fingerprint density at radius 1 is 1.20 bits per heavy atom. The maximum Gasteiger partial charge on any atom is 0.194 e. The minimum absolute atomic E-state index is 0.000105. The van der Waals surface area contributed by atoms with Crippen LogP contribution in [0.2, 0.25) is 0 Å². The number of ketones is 1. The molecule has 3 aromatic rings. The highest BCUT2D eigenvalue weighted by Gasteiger charge is 2.49. The number of alkyl halides is 1. The van der Waals surface area contributed by atoms with E-state index in [4.69, 9.17) is 4.74 Å². The fraction of sp³-hybridized carbons (Fsp3) is 0.435. The summed E-state index contributed by atoms with van der Waals surface area (Å²) in [6.07, 6.45) is 5.66. The van der Waals surface area contributed by atoms with Gasteiger partial charge in [0.1, 0.15) is 0 Å². The number of aryl methyl sites for hydroxylation is 1. The van der Waals surface area contributed by atoms with Crippen LogP contribution in [0.15, 0.2) is 42.9 Å². The summed E-state index contributed by atoms with van der Waals surface area (Å²) in [5, 5.41) is 6.17. The van der Waals surface area contributed by atoms with E-state index in [1.807, 2.05) is 62.5 Å². The molecule has 30 heavy (non-hydrogen) atoms. The van der Waals surface area contributed by atoms with E-state index in [1.165, 1.54) is 0 Å². The highest BCUT2D eigenvalue weighted by Crippen LogP contribution is 2.28. The molecule has 0 aliphatic carbocycles. The van der Waals surface area contributed by atoms with Crippen LogP contribution in [0, 0.1) is 0 Å². The van der Waals surface area contributed by atoms with Gasteiger partial charge in [-0.3, -0.25) is 19.4 Å². The molecule has 0 bridgehead atoms. The van der Waals surface area contributed by atoms with Crippen LogP contribution in [-0.2, 0) is 23.0 Å². The number of benzene rings is 1. The summed E-state index contributed by atoms with van der Waals surface area (Å²) in [4.78, 5) is 18.9. The molecule has 0 spiro atoms. The number of aromatic nitrogens is 3. The van der Waals surface area contributed by atoms with Gasteiger partial charge in [0.2, 0.25) is 0 Å². The molecule has 0 saturated carbocycles. The second-order valence-corrected chi connectivity index (χ2v) is 8.34. The fourth-order valence-electron chi connectivity index (χ4n) is 3.77. The highest BCUT2D eigenvalue weighted by molar-refractivity contribution is 5.92. The number of ether oxygens (including phenoxy) is 1. The summed E-state index contributed by atoms with van der Waals surface area (Å²) in [7, 11) is 1.88. The van der Waals surface area contributed by atoms with Gasteiger partial charge in [0.05, 0.1) is 25.3 Å². The molecular weight excluding hydrogens is 383 g/mol. The molecule has 4 rings (SSSR count). The van der Waals surface area contributed by atoms with Crippen molar-refractivity contribution in [1.82, 2.24) is 19.7 Å². The van der Waals surface area contributed by atoms with E-state index in [-0.39, 0.29) is 25.6 Å². The van der Waals surface area contributed by atoms with Gasteiger partial charge in [0.25, 0.3) is 0 Å². The molecule has 1 aliphatic heterocycles. The largest absolute Gasteiger partial charge is 0.377 e. The Morgan fingerprint density at radius 2 is 2.00 bits per heavy atom. The average Bonchev–Trinajstić information content (AvgIpc) is 3.12. The standard InChI is InChI=1S/C23H27FN4O2/c1-16(2)30-7-6-28-14-23(24,15-28)22(29)10-21-9-19-8-17(4-5-18(19)11-25-21)20-12-26-27(3)13-20/h4-5,8-9,11-13,16H,6-7,10,14-15H2,1-3H3. The Hall–Kier alpha value is -2.64. The van der Waals surface area contributed by atoms with Crippen molar-refractivity contribution in [3.8, 4) is 11.1 Å². The molecule has 0 N–H and O–H groups in total. The van der Waals surface area contributed by atoms with Gasteiger partial charge < -0.3 is 4.74 Å². The van der Waals surface area contributed by atoms with Crippen LogP contribution in [0.3, 0.4) is 0 Å². The molecule has 7 heteroatoms. The zero-order chi connectivity index (χ0) is 21.3. The lowest BCUT2D eigenvalue weighted by Gasteiger charge is -2.43. The molecule has 6 nitrogen and oxygen atoms in total. The maximum atomic E-state index is 15.0. The monoisotopic (exact) mass is 410 g/mol. The average molecular weight is 410 g/mol. The van der Waals surface area contributed by atoms with Crippen molar-refractivity contribution in [3.63, 3.8) is 0 Å². The third-order valence-corrected chi connectivity index (χ3v) is 5.47. The number of pyridine rings is 1. The number of carbonyl (C=O) groups is 1. The van der Waals surface area contributed by atoms with Gasteiger partial charge in [-0.15, -0.1) is 0 Å². The molecule has 1 fully saturated rings. The van der Waals surface area contributed by atoms with Crippen LogP contribution in [0.25, 0.3) is 21.9 Å². The summed E-state index contributed by atoms with van der Waals surface area (Å²) >= 11 is 0. The molecule has 0 unspecified atom stereocenters. The van der Waals surface area contributed by atoms with Crippen LogP contribution < -0.4 is 0 Å². The smallest absolute Gasteiger partial charge is 0.194 e. The molecule has 0 atom stereocenters. The number of halogens is 1. The first-order valence-electron chi connectivity index (χ1n) is 10.3. The van der Waals surface area contributed by atoms with Gasteiger partial charge in [-0.25, -0.2) is 4.39 Å². The van der Waals surface area contributed by atoms with Crippen LogP contribution >= 0.6 is 0 Å². The lowest BCUT2D eigenvalue weighted by Crippen LogP contribution is -2.64. The molecule has 1 saturated heterocycles. The second kappa shape index (κ2) is 8.24. The van der Waals surface area contributed by atoms with E-state index in [9.17, 15) is 9.18 Å². The Labute approximate surface area is 175 Å². The SMILES string of the molecule is CC(C)OCCN1CC(F)(C(=O)Cc2cc3cc(-c4cnn(C)c4)ccc3cn2)C1. The van der Waals surface area contributed by atoms with Gasteiger partial charge >= 0.3 is 0 Å². The van der Waals surface area contributed by atoms with Crippen LogP contribution in [0.1, 0.15) is 19.5 Å². The Bertz CT molecular complexity index is 1060. The van der Waals surface area contributed by atoms with Crippen LogP contribution in [0.4, 0.5) is 4.39 Å². The lowest BCUT2D eigenvalue weighted by molar-refractivity contribution is -0.143. The maximum absolute atomic E-state index is 15.0. The number of hydrogen-bond acceptors (Lipinski definition) is 5. The number of fused-ring (bicyclic) bond motifs is 1. The van der Waals surface area contributed by atoms with Crippen molar-refractivity contribution in [1.29, 1.82) is 0 Å². The highest BCUT2D eigenvalue weighted by atomic mass is 19.1. The van der Waals surface area contributed by atoms with Crippen molar-refractivity contribution in [2.45, 2.75) is 32.0 Å². The zero-order valence-electron chi connectivity index (χ0n) is 17.6. The summed E-state index contributed by atoms with van der Waals surface area (Å²) in [5.74, 6) is -0.404. The van der Waals surface area contributed by atoms with Gasteiger partial charge in [-0.05, 0) is 36.9 Å².